The van der Waals surface area contributed by atoms with E-state index in [1.54, 1.807) is 6.92 Å². The number of ether oxygens (including phenoxy) is 2. The van der Waals surface area contributed by atoms with Gasteiger partial charge >= 0.3 is 5.97 Å². The lowest BCUT2D eigenvalue weighted by molar-refractivity contribution is -0.155. The molecule has 0 amide bonds. The number of aliphatic hydroxyl groups is 1. The lowest BCUT2D eigenvalue weighted by atomic mass is 9.98. The van der Waals surface area contributed by atoms with Crippen LogP contribution < -0.4 is 0 Å². The summed E-state index contributed by atoms with van der Waals surface area (Å²) in [6.07, 6.45) is 8.05. The van der Waals surface area contributed by atoms with Gasteiger partial charge in [0.25, 0.3) is 0 Å². The van der Waals surface area contributed by atoms with E-state index in [9.17, 15) is 9.90 Å². The third-order valence-electron chi connectivity index (χ3n) is 5.83. The molecule has 0 radical (unpaired) electrons. The van der Waals surface area contributed by atoms with Gasteiger partial charge in [-0.3, -0.25) is 4.79 Å². The van der Waals surface area contributed by atoms with Gasteiger partial charge in [0.1, 0.15) is 0 Å². The summed E-state index contributed by atoms with van der Waals surface area (Å²) in [4.78, 5) is 11.6. The van der Waals surface area contributed by atoms with Crippen molar-refractivity contribution in [2.75, 3.05) is 6.61 Å². The summed E-state index contributed by atoms with van der Waals surface area (Å²) in [5.41, 5.74) is 0. The summed E-state index contributed by atoms with van der Waals surface area (Å²) in [6.45, 7) is 15.7. The van der Waals surface area contributed by atoms with Crippen LogP contribution in [0, 0.1) is 0 Å². The summed E-state index contributed by atoms with van der Waals surface area (Å²) in [6, 6.07) is 0. The highest BCUT2D eigenvalue weighted by atomic mass is 28.4. The lowest BCUT2D eigenvalue weighted by Crippen LogP contribution is -2.43. The Balaban J connectivity index is 2.34. The summed E-state index contributed by atoms with van der Waals surface area (Å²) < 4.78 is 17.3. The largest absolute Gasteiger partial charge is 0.466 e. The molecule has 0 aromatic heterocycles. The van der Waals surface area contributed by atoms with E-state index in [1.807, 2.05) is 0 Å². The van der Waals surface area contributed by atoms with Crippen LogP contribution in [0.1, 0.15) is 73.1 Å². The third kappa shape index (κ3) is 8.76. The SMILES string of the molecule is CCOC(=O)C[C@H]1O[C@@H](/C=C/CCC[C@H](C)O[Si](C)(C)C(C)(C)C)CC[C@@H]1O. The fraction of sp³-hybridized carbons (Fsp3) is 0.864. The Morgan fingerprint density at radius 1 is 1.32 bits per heavy atom. The molecule has 1 aliphatic heterocycles. The van der Waals surface area contributed by atoms with E-state index < -0.39 is 20.5 Å². The van der Waals surface area contributed by atoms with Gasteiger partial charge in [-0.15, -0.1) is 0 Å². The third-order valence-corrected chi connectivity index (χ3v) is 10.4. The Morgan fingerprint density at radius 2 is 2.00 bits per heavy atom. The van der Waals surface area contributed by atoms with Gasteiger partial charge in [-0.05, 0) is 64.1 Å². The van der Waals surface area contributed by atoms with Gasteiger partial charge in [-0.2, -0.15) is 0 Å². The molecule has 1 N–H and O–H groups in total. The Kier molecular flexibility index (Phi) is 10.4. The van der Waals surface area contributed by atoms with E-state index in [4.69, 9.17) is 13.9 Å². The van der Waals surface area contributed by atoms with Crippen molar-refractivity contribution in [2.45, 2.75) is 116 Å². The quantitative estimate of drug-likeness (QED) is 0.236. The molecule has 0 spiro atoms. The highest BCUT2D eigenvalue weighted by Crippen LogP contribution is 2.37. The summed E-state index contributed by atoms with van der Waals surface area (Å²) in [5.74, 6) is -0.313. The van der Waals surface area contributed by atoms with E-state index in [0.717, 1.165) is 25.7 Å². The number of allylic oxidation sites excluding steroid dienone is 1. The van der Waals surface area contributed by atoms with Gasteiger partial charge in [-0.25, -0.2) is 0 Å². The second-order valence-electron chi connectivity index (χ2n) is 9.41. The second-order valence-corrected chi connectivity index (χ2v) is 14.2. The van der Waals surface area contributed by atoms with Crippen molar-refractivity contribution >= 4 is 14.3 Å². The maximum absolute atomic E-state index is 11.6. The zero-order valence-corrected chi connectivity index (χ0v) is 20.0. The van der Waals surface area contributed by atoms with Crippen LogP contribution in [0.5, 0.6) is 0 Å². The van der Waals surface area contributed by atoms with Crippen molar-refractivity contribution in [3.8, 4) is 0 Å². The average molecular weight is 415 g/mol. The smallest absolute Gasteiger partial charge is 0.308 e. The first-order chi connectivity index (χ1) is 13.0. The van der Waals surface area contributed by atoms with E-state index in [0.29, 0.717) is 13.0 Å². The minimum Gasteiger partial charge on any atom is -0.466 e. The summed E-state index contributed by atoms with van der Waals surface area (Å²) >= 11 is 0. The monoisotopic (exact) mass is 414 g/mol. The number of carbonyl (C=O) groups is 1. The van der Waals surface area contributed by atoms with Crippen molar-refractivity contribution in [3.63, 3.8) is 0 Å². The molecule has 0 aromatic carbocycles. The first kappa shape index (κ1) is 25.3. The molecule has 164 valence electrons. The number of unbranched alkanes of at least 4 members (excludes halogenated alkanes) is 1. The Hall–Kier alpha value is -0.693. The maximum atomic E-state index is 11.6. The normalized spacial score (nSPS) is 25.1. The Morgan fingerprint density at radius 3 is 2.61 bits per heavy atom. The van der Waals surface area contributed by atoms with Gasteiger partial charge in [-0.1, -0.05) is 32.9 Å². The fourth-order valence-electron chi connectivity index (χ4n) is 3.12. The predicted molar refractivity (Wildman–Crippen MR) is 116 cm³/mol. The topological polar surface area (TPSA) is 65.0 Å². The molecule has 0 aliphatic carbocycles. The van der Waals surface area contributed by atoms with Crippen molar-refractivity contribution in [3.05, 3.63) is 12.2 Å². The van der Waals surface area contributed by atoms with E-state index in [2.05, 4.69) is 52.9 Å². The van der Waals surface area contributed by atoms with E-state index in [1.165, 1.54) is 0 Å². The van der Waals surface area contributed by atoms with E-state index in [-0.39, 0.29) is 29.6 Å². The van der Waals surface area contributed by atoms with Crippen LogP contribution in [-0.4, -0.2) is 50.4 Å². The molecule has 6 heteroatoms. The molecular weight excluding hydrogens is 372 g/mol. The number of carbonyl (C=O) groups excluding carboxylic acids is 1. The summed E-state index contributed by atoms with van der Waals surface area (Å²) in [7, 11) is -1.70. The van der Waals surface area contributed by atoms with Crippen LogP contribution in [0.4, 0.5) is 0 Å². The van der Waals surface area contributed by atoms with Crippen LogP contribution in [0.25, 0.3) is 0 Å². The molecule has 0 unspecified atom stereocenters. The van der Waals surface area contributed by atoms with E-state index >= 15 is 0 Å². The molecule has 1 aliphatic rings. The number of esters is 1. The lowest BCUT2D eigenvalue weighted by Gasteiger charge is -2.38. The minimum absolute atomic E-state index is 0.0382. The number of hydrogen-bond donors (Lipinski definition) is 1. The van der Waals surface area contributed by atoms with Crippen molar-refractivity contribution in [2.24, 2.45) is 0 Å². The van der Waals surface area contributed by atoms with Crippen molar-refractivity contribution in [1.29, 1.82) is 0 Å². The average Bonchev–Trinajstić information content (AvgIpc) is 2.56. The second kappa shape index (κ2) is 11.5. The fourth-order valence-corrected chi connectivity index (χ4v) is 4.60. The van der Waals surface area contributed by atoms with Gasteiger partial charge in [0.15, 0.2) is 8.32 Å². The van der Waals surface area contributed by atoms with Crippen LogP contribution >= 0.6 is 0 Å². The molecule has 0 saturated carbocycles. The predicted octanol–water partition coefficient (Wildman–Crippen LogP) is 4.98. The zero-order chi connectivity index (χ0) is 21.4. The molecule has 1 rings (SSSR count). The zero-order valence-electron chi connectivity index (χ0n) is 19.0. The van der Waals surface area contributed by atoms with Crippen molar-refractivity contribution in [1.82, 2.24) is 0 Å². The number of hydrogen-bond acceptors (Lipinski definition) is 5. The van der Waals surface area contributed by atoms with Crippen LogP contribution in [0.3, 0.4) is 0 Å². The molecule has 5 nitrogen and oxygen atoms in total. The molecule has 1 fully saturated rings. The molecule has 1 heterocycles. The minimum atomic E-state index is -1.70. The number of aliphatic hydroxyl groups excluding tert-OH is 1. The Labute approximate surface area is 173 Å². The van der Waals surface area contributed by atoms with Crippen LogP contribution in [0.15, 0.2) is 12.2 Å². The first-order valence-corrected chi connectivity index (χ1v) is 13.7. The molecule has 0 bridgehead atoms. The Bertz CT molecular complexity index is 498. The van der Waals surface area contributed by atoms with Crippen LogP contribution in [-0.2, 0) is 18.7 Å². The van der Waals surface area contributed by atoms with Gasteiger partial charge in [0.2, 0.25) is 0 Å². The standard InChI is InChI=1S/C22H42O5Si/c1-8-25-21(24)16-20-19(23)15-14-18(26-20)13-11-9-10-12-17(2)27-28(6,7)22(3,4)5/h11,13,17-20,23H,8-10,12,14-16H2,1-7H3/b13-11+/t17-,18-,19-,20+/m0/s1. The highest BCUT2D eigenvalue weighted by molar-refractivity contribution is 6.74. The highest BCUT2D eigenvalue weighted by Gasteiger charge is 2.38. The maximum Gasteiger partial charge on any atom is 0.308 e. The van der Waals surface area contributed by atoms with Crippen LogP contribution in [0.2, 0.25) is 18.1 Å². The molecule has 28 heavy (non-hydrogen) atoms. The van der Waals surface area contributed by atoms with Crippen molar-refractivity contribution < 1.29 is 23.8 Å². The van der Waals surface area contributed by atoms with Gasteiger partial charge in [0.05, 0.1) is 31.3 Å². The molecular formula is C22H42O5Si. The first-order valence-electron chi connectivity index (χ1n) is 10.8. The molecule has 0 aromatic rings. The molecule has 1 saturated heterocycles. The molecule has 4 atom stereocenters. The van der Waals surface area contributed by atoms with Gasteiger partial charge in [0, 0.05) is 6.10 Å². The summed E-state index contributed by atoms with van der Waals surface area (Å²) in [5, 5.41) is 10.3. The van der Waals surface area contributed by atoms with Gasteiger partial charge < -0.3 is 19.0 Å². The number of rotatable bonds is 10.